The molecule has 3 nitrogen and oxygen atoms in total. The minimum Gasteiger partial charge on any atom is -0.496 e. The first-order chi connectivity index (χ1) is 7.13. The van der Waals surface area contributed by atoms with Crippen molar-refractivity contribution in [1.82, 2.24) is 0 Å². The number of ether oxygens (including phenoxy) is 2. The van der Waals surface area contributed by atoms with E-state index in [4.69, 9.17) is 9.47 Å². The van der Waals surface area contributed by atoms with E-state index in [1.165, 1.54) is 0 Å². The summed E-state index contributed by atoms with van der Waals surface area (Å²) < 4.78 is 10.2. The number of Topliss-reactive ketones (excluding diaryl/α,β-unsaturated/α-hetero) is 1. The Hall–Kier alpha value is -1.35. The summed E-state index contributed by atoms with van der Waals surface area (Å²) in [6.07, 6.45) is -0.211. The quantitative estimate of drug-likeness (QED) is 0.560. The average Bonchev–Trinajstić information content (AvgIpc) is 2.99. The van der Waals surface area contributed by atoms with Gasteiger partial charge in [0.2, 0.25) is 0 Å². The molecule has 1 heterocycles. The minimum absolute atomic E-state index is 0.0730. The third kappa shape index (κ3) is 1.88. The predicted molar refractivity (Wildman–Crippen MR) is 56.5 cm³/mol. The van der Waals surface area contributed by atoms with Crippen molar-refractivity contribution in [3.05, 3.63) is 28.8 Å². The van der Waals surface area contributed by atoms with Gasteiger partial charge in [-0.1, -0.05) is 0 Å². The Bertz CT molecular complexity index is 382. The van der Waals surface area contributed by atoms with Gasteiger partial charge in [-0.2, -0.15) is 0 Å². The molecule has 1 aliphatic heterocycles. The molecule has 0 spiro atoms. The van der Waals surface area contributed by atoms with E-state index in [9.17, 15) is 4.79 Å². The number of ketones is 1. The average molecular weight is 206 g/mol. The van der Waals surface area contributed by atoms with E-state index >= 15 is 0 Å². The molecule has 0 saturated carbocycles. The van der Waals surface area contributed by atoms with Gasteiger partial charge in [0, 0.05) is 5.56 Å². The number of hydrogen-bond acceptors (Lipinski definition) is 3. The number of aryl methyl sites for hydroxylation is 2. The van der Waals surface area contributed by atoms with Crippen LogP contribution in [0.5, 0.6) is 5.75 Å². The summed E-state index contributed by atoms with van der Waals surface area (Å²) in [6, 6.07) is 3.71. The highest BCUT2D eigenvalue weighted by molar-refractivity contribution is 6.01. The molecule has 1 aromatic carbocycles. The third-order valence-electron chi connectivity index (χ3n) is 2.57. The molecule has 0 amide bonds. The Morgan fingerprint density at radius 1 is 1.40 bits per heavy atom. The molecule has 0 aromatic heterocycles. The Kier molecular flexibility index (Phi) is 2.49. The van der Waals surface area contributed by atoms with Gasteiger partial charge in [0.25, 0.3) is 0 Å². The molecule has 15 heavy (non-hydrogen) atoms. The highest BCUT2D eigenvalue weighted by Crippen LogP contribution is 2.26. The van der Waals surface area contributed by atoms with Gasteiger partial charge in [-0.05, 0) is 37.1 Å². The zero-order valence-electron chi connectivity index (χ0n) is 9.16. The first-order valence-corrected chi connectivity index (χ1v) is 4.94. The summed E-state index contributed by atoms with van der Waals surface area (Å²) >= 11 is 0. The molecular formula is C12H14O3. The SMILES string of the molecule is COc1c(C)cc(C(=O)C2CO2)cc1C. The van der Waals surface area contributed by atoms with Gasteiger partial charge >= 0.3 is 0 Å². The van der Waals surface area contributed by atoms with E-state index in [1.807, 2.05) is 26.0 Å². The van der Waals surface area contributed by atoms with Crippen LogP contribution in [-0.2, 0) is 4.74 Å². The lowest BCUT2D eigenvalue weighted by Gasteiger charge is -2.10. The molecular weight excluding hydrogens is 192 g/mol. The largest absolute Gasteiger partial charge is 0.496 e. The molecule has 0 radical (unpaired) electrons. The lowest BCUT2D eigenvalue weighted by Crippen LogP contribution is -2.08. The number of hydrogen-bond donors (Lipinski definition) is 0. The van der Waals surface area contributed by atoms with Crippen molar-refractivity contribution in [2.75, 3.05) is 13.7 Å². The standard InChI is InChI=1S/C12H14O3/c1-7-4-9(11(13)10-6-15-10)5-8(2)12(7)14-3/h4-5,10H,6H2,1-3H3. The van der Waals surface area contributed by atoms with Crippen LogP contribution in [0.1, 0.15) is 21.5 Å². The highest BCUT2D eigenvalue weighted by atomic mass is 16.6. The summed E-state index contributed by atoms with van der Waals surface area (Å²) in [5.74, 6) is 0.923. The van der Waals surface area contributed by atoms with Crippen LogP contribution in [0.2, 0.25) is 0 Å². The topological polar surface area (TPSA) is 38.8 Å². The fourth-order valence-corrected chi connectivity index (χ4v) is 1.80. The third-order valence-corrected chi connectivity index (χ3v) is 2.57. The Balaban J connectivity index is 2.37. The van der Waals surface area contributed by atoms with Crippen molar-refractivity contribution in [2.24, 2.45) is 0 Å². The van der Waals surface area contributed by atoms with Crippen LogP contribution in [0.4, 0.5) is 0 Å². The van der Waals surface area contributed by atoms with Crippen molar-refractivity contribution in [2.45, 2.75) is 20.0 Å². The number of epoxide rings is 1. The van der Waals surface area contributed by atoms with Gasteiger partial charge in [-0.25, -0.2) is 0 Å². The maximum atomic E-state index is 11.7. The second-order valence-electron chi connectivity index (χ2n) is 3.83. The van der Waals surface area contributed by atoms with Crippen LogP contribution in [0.3, 0.4) is 0 Å². The molecule has 1 aromatic rings. The van der Waals surface area contributed by atoms with Crippen molar-refractivity contribution in [3.8, 4) is 5.75 Å². The molecule has 1 aliphatic rings. The van der Waals surface area contributed by atoms with Gasteiger partial charge in [0.05, 0.1) is 13.7 Å². The summed E-state index contributed by atoms with van der Waals surface area (Å²) in [6.45, 7) is 4.44. The van der Waals surface area contributed by atoms with Crippen LogP contribution in [-0.4, -0.2) is 25.6 Å². The lowest BCUT2D eigenvalue weighted by molar-refractivity contribution is 0.0953. The zero-order valence-corrected chi connectivity index (χ0v) is 9.16. The first kappa shape index (κ1) is 10.2. The molecule has 2 rings (SSSR count). The van der Waals surface area contributed by atoms with Crippen LogP contribution in [0, 0.1) is 13.8 Å². The Labute approximate surface area is 89.0 Å². The minimum atomic E-state index is -0.211. The van der Waals surface area contributed by atoms with E-state index < -0.39 is 0 Å². The summed E-state index contributed by atoms with van der Waals surface area (Å²) in [7, 11) is 1.64. The second-order valence-corrected chi connectivity index (χ2v) is 3.83. The molecule has 0 bridgehead atoms. The molecule has 1 fully saturated rings. The number of carbonyl (C=O) groups excluding carboxylic acids is 1. The van der Waals surface area contributed by atoms with Crippen LogP contribution >= 0.6 is 0 Å². The van der Waals surface area contributed by atoms with Gasteiger partial charge in [-0.3, -0.25) is 4.79 Å². The fourth-order valence-electron chi connectivity index (χ4n) is 1.80. The molecule has 1 atom stereocenters. The molecule has 3 heteroatoms. The predicted octanol–water partition coefficient (Wildman–Crippen LogP) is 1.89. The monoisotopic (exact) mass is 206 g/mol. The zero-order chi connectivity index (χ0) is 11.0. The smallest absolute Gasteiger partial charge is 0.193 e. The number of methoxy groups -OCH3 is 1. The normalized spacial score (nSPS) is 18.7. The number of rotatable bonds is 3. The van der Waals surface area contributed by atoms with E-state index in [1.54, 1.807) is 7.11 Å². The van der Waals surface area contributed by atoms with Gasteiger partial charge in [0.15, 0.2) is 5.78 Å². The van der Waals surface area contributed by atoms with Crippen LogP contribution in [0.25, 0.3) is 0 Å². The molecule has 1 saturated heterocycles. The fraction of sp³-hybridized carbons (Fsp3) is 0.417. The lowest BCUT2D eigenvalue weighted by atomic mass is 10.0. The van der Waals surface area contributed by atoms with E-state index in [0.29, 0.717) is 12.2 Å². The van der Waals surface area contributed by atoms with E-state index in [2.05, 4.69) is 0 Å². The first-order valence-electron chi connectivity index (χ1n) is 4.94. The van der Waals surface area contributed by atoms with Crippen LogP contribution in [0.15, 0.2) is 12.1 Å². The van der Waals surface area contributed by atoms with Gasteiger partial charge in [0.1, 0.15) is 11.9 Å². The van der Waals surface area contributed by atoms with Gasteiger partial charge in [-0.15, -0.1) is 0 Å². The van der Waals surface area contributed by atoms with Gasteiger partial charge < -0.3 is 9.47 Å². The summed E-state index contributed by atoms with van der Waals surface area (Å²) in [5.41, 5.74) is 2.69. The van der Waals surface area contributed by atoms with Crippen LogP contribution < -0.4 is 4.74 Å². The number of carbonyl (C=O) groups is 1. The molecule has 0 aliphatic carbocycles. The van der Waals surface area contributed by atoms with Crippen molar-refractivity contribution >= 4 is 5.78 Å². The summed E-state index contributed by atoms with van der Waals surface area (Å²) in [5, 5.41) is 0. The van der Waals surface area contributed by atoms with Crippen molar-refractivity contribution in [3.63, 3.8) is 0 Å². The van der Waals surface area contributed by atoms with Crippen molar-refractivity contribution < 1.29 is 14.3 Å². The maximum Gasteiger partial charge on any atom is 0.193 e. The second kappa shape index (κ2) is 3.66. The van der Waals surface area contributed by atoms with E-state index in [-0.39, 0.29) is 11.9 Å². The maximum absolute atomic E-state index is 11.7. The molecule has 0 N–H and O–H groups in total. The highest BCUT2D eigenvalue weighted by Gasteiger charge is 2.32. The summed E-state index contributed by atoms with van der Waals surface area (Å²) in [4.78, 5) is 11.7. The Morgan fingerprint density at radius 3 is 2.33 bits per heavy atom. The van der Waals surface area contributed by atoms with E-state index in [0.717, 1.165) is 16.9 Å². The Morgan fingerprint density at radius 2 is 1.93 bits per heavy atom. The molecule has 1 unspecified atom stereocenters. The van der Waals surface area contributed by atoms with Crippen molar-refractivity contribution in [1.29, 1.82) is 0 Å². The number of benzene rings is 1. The molecule has 80 valence electrons.